The molecule has 0 aliphatic carbocycles. The first-order valence-corrected chi connectivity index (χ1v) is 7.56. The lowest BCUT2D eigenvalue weighted by molar-refractivity contribution is 0.283. The fraction of sp³-hybridized carbons (Fsp3) is 0.455. The zero-order chi connectivity index (χ0) is 12.5. The molecule has 0 bridgehead atoms. The molecule has 17 heavy (non-hydrogen) atoms. The van der Waals surface area contributed by atoms with Crippen LogP contribution in [0.3, 0.4) is 0 Å². The largest absolute Gasteiger partial charge is 0.508 e. The molecule has 2 rings (SSSR count). The smallest absolute Gasteiger partial charge is 0.152 e. The van der Waals surface area contributed by atoms with E-state index in [1.54, 1.807) is 18.2 Å². The van der Waals surface area contributed by atoms with E-state index in [0.29, 0.717) is 24.7 Å². The normalized spacial score (nSPS) is 20.3. The Morgan fingerprint density at radius 2 is 1.94 bits per heavy atom. The molecule has 4 nitrogen and oxygen atoms in total. The average Bonchev–Trinajstić information content (AvgIpc) is 2.26. The van der Waals surface area contributed by atoms with Crippen molar-refractivity contribution in [3.05, 3.63) is 28.8 Å². The number of phenolic OH excluding ortho intramolecular Hbond substituents is 1. The monoisotopic (exact) mass is 275 g/mol. The standard InChI is InChI=1S/C11H14ClNO3S/c12-10-1-2-11(14)9(7-10)8-13-3-5-17(15,16)6-4-13/h1-2,7,14H,3-6,8H2. The number of hydrogen-bond acceptors (Lipinski definition) is 4. The Bertz CT molecular complexity index is 501. The van der Waals surface area contributed by atoms with Crippen molar-refractivity contribution in [2.75, 3.05) is 24.6 Å². The fourth-order valence-corrected chi connectivity index (χ4v) is 3.30. The van der Waals surface area contributed by atoms with Crippen molar-refractivity contribution in [1.82, 2.24) is 4.90 Å². The summed E-state index contributed by atoms with van der Waals surface area (Å²) in [6.07, 6.45) is 0. The summed E-state index contributed by atoms with van der Waals surface area (Å²) in [6.45, 7) is 1.55. The van der Waals surface area contributed by atoms with Crippen molar-refractivity contribution in [1.29, 1.82) is 0 Å². The van der Waals surface area contributed by atoms with E-state index in [-0.39, 0.29) is 17.3 Å². The number of aromatic hydroxyl groups is 1. The Hall–Kier alpha value is -0.780. The SMILES string of the molecule is O=S1(=O)CCN(Cc2cc(Cl)ccc2O)CC1. The van der Waals surface area contributed by atoms with E-state index in [4.69, 9.17) is 11.6 Å². The molecule has 0 spiro atoms. The van der Waals surface area contributed by atoms with Gasteiger partial charge >= 0.3 is 0 Å². The third-order valence-electron chi connectivity index (χ3n) is 2.87. The Labute approximate surface area is 106 Å². The lowest BCUT2D eigenvalue weighted by Crippen LogP contribution is -2.39. The molecule has 0 atom stereocenters. The van der Waals surface area contributed by atoms with Crippen LogP contribution in [-0.2, 0) is 16.4 Å². The highest BCUT2D eigenvalue weighted by Crippen LogP contribution is 2.23. The number of halogens is 1. The molecule has 1 aliphatic heterocycles. The van der Waals surface area contributed by atoms with Gasteiger partial charge in [0.1, 0.15) is 5.75 Å². The van der Waals surface area contributed by atoms with Crippen LogP contribution in [0.25, 0.3) is 0 Å². The van der Waals surface area contributed by atoms with Crippen molar-refractivity contribution in [2.24, 2.45) is 0 Å². The predicted octanol–water partition coefficient (Wildman–Crippen LogP) is 1.28. The van der Waals surface area contributed by atoms with Crippen molar-refractivity contribution in [3.63, 3.8) is 0 Å². The van der Waals surface area contributed by atoms with Crippen LogP contribution in [0.15, 0.2) is 18.2 Å². The van der Waals surface area contributed by atoms with Crippen LogP contribution in [0.1, 0.15) is 5.56 Å². The van der Waals surface area contributed by atoms with Gasteiger partial charge in [-0.2, -0.15) is 0 Å². The van der Waals surface area contributed by atoms with E-state index in [9.17, 15) is 13.5 Å². The molecule has 1 aliphatic rings. The van der Waals surface area contributed by atoms with E-state index in [0.717, 1.165) is 5.56 Å². The summed E-state index contributed by atoms with van der Waals surface area (Å²) in [5, 5.41) is 10.2. The molecule has 6 heteroatoms. The molecule has 1 heterocycles. The molecule has 0 unspecified atom stereocenters. The van der Waals surface area contributed by atoms with Crippen LogP contribution in [0.5, 0.6) is 5.75 Å². The topological polar surface area (TPSA) is 57.6 Å². The number of nitrogens with zero attached hydrogens (tertiary/aromatic N) is 1. The molecule has 0 radical (unpaired) electrons. The molecule has 94 valence electrons. The first kappa shape index (κ1) is 12.7. The average molecular weight is 276 g/mol. The van der Waals surface area contributed by atoms with Crippen molar-refractivity contribution in [3.8, 4) is 5.75 Å². The van der Waals surface area contributed by atoms with Crippen molar-refractivity contribution >= 4 is 21.4 Å². The minimum atomic E-state index is -2.86. The fourth-order valence-electron chi connectivity index (χ4n) is 1.83. The van der Waals surface area contributed by atoms with Crippen LogP contribution in [-0.4, -0.2) is 43.0 Å². The maximum absolute atomic E-state index is 11.3. The Morgan fingerprint density at radius 1 is 1.29 bits per heavy atom. The van der Waals surface area contributed by atoms with Gasteiger partial charge in [0.2, 0.25) is 0 Å². The summed E-state index contributed by atoms with van der Waals surface area (Å²) in [5.74, 6) is 0.575. The van der Waals surface area contributed by atoms with Gasteiger partial charge in [0.15, 0.2) is 9.84 Å². The van der Waals surface area contributed by atoms with E-state index in [2.05, 4.69) is 0 Å². The lowest BCUT2D eigenvalue weighted by atomic mass is 10.2. The molecule has 1 aromatic carbocycles. The minimum absolute atomic E-state index is 0.189. The lowest BCUT2D eigenvalue weighted by Gasteiger charge is -2.26. The molecule has 0 aromatic heterocycles. The molecule has 1 fully saturated rings. The quantitative estimate of drug-likeness (QED) is 0.883. The van der Waals surface area contributed by atoms with E-state index in [1.807, 2.05) is 4.90 Å². The summed E-state index contributed by atoms with van der Waals surface area (Å²) < 4.78 is 22.5. The molecule has 0 amide bonds. The number of benzene rings is 1. The van der Waals surface area contributed by atoms with Crippen LogP contribution >= 0.6 is 11.6 Å². The van der Waals surface area contributed by atoms with Gasteiger partial charge in [-0.15, -0.1) is 0 Å². The highest BCUT2D eigenvalue weighted by Gasteiger charge is 2.22. The van der Waals surface area contributed by atoms with Gasteiger partial charge in [0, 0.05) is 30.2 Å². The second-order valence-electron chi connectivity index (χ2n) is 4.20. The number of hydrogen-bond donors (Lipinski definition) is 1. The minimum Gasteiger partial charge on any atom is -0.508 e. The van der Waals surface area contributed by atoms with Crippen molar-refractivity contribution in [2.45, 2.75) is 6.54 Å². The maximum Gasteiger partial charge on any atom is 0.152 e. The summed E-state index contributed by atoms with van der Waals surface area (Å²) in [4.78, 5) is 2.01. The maximum atomic E-state index is 11.3. The van der Waals surface area contributed by atoms with Crippen LogP contribution < -0.4 is 0 Å². The van der Waals surface area contributed by atoms with E-state index >= 15 is 0 Å². The second kappa shape index (κ2) is 4.84. The summed E-state index contributed by atoms with van der Waals surface area (Å²) >= 11 is 5.85. The van der Waals surface area contributed by atoms with Crippen LogP contribution in [0, 0.1) is 0 Å². The zero-order valence-corrected chi connectivity index (χ0v) is 10.8. The first-order chi connectivity index (χ1) is 7.96. The molecule has 1 saturated heterocycles. The second-order valence-corrected chi connectivity index (χ2v) is 6.94. The van der Waals surface area contributed by atoms with Crippen LogP contribution in [0.2, 0.25) is 5.02 Å². The van der Waals surface area contributed by atoms with Crippen molar-refractivity contribution < 1.29 is 13.5 Å². The van der Waals surface area contributed by atoms with Gasteiger partial charge in [-0.3, -0.25) is 4.90 Å². The summed E-state index contributed by atoms with van der Waals surface area (Å²) in [7, 11) is -2.86. The number of sulfone groups is 1. The molecular formula is C11H14ClNO3S. The third kappa shape index (κ3) is 3.34. The number of phenols is 1. The molecule has 1 aromatic rings. The van der Waals surface area contributed by atoms with E-state index in [1.165, 1.54) is 0 Å². The van der Waals surface area contributed by atoms with Gasteiger partial charge in [0.25, 0.3) is 0 Å². The van der Waals surface area contributed by atoms with Gasteiger partial charge in [0.05, 0.1) is 11.5 Å². The highest BCUT2D eigenvalue weighted by molar-refractivity contribution is 7.91. The Morgan fingerprint density at radius 3 is 2.59 bits per heavy atom. The molecule has 1 N–H and O–H groups in total. The zero-order valence-electron chi connectivity index (χ0n) is 9.26. The van der Waals surface area contributed by atoms with Gasteiger partial charge in [-0.1, -0.05) is 11.6 Å². The van der Waals surface area contributed by atoms with Gasteiger partial charge in [-0.25, -0.2) is 8.42 Å². The highest BCUT2D eigenvalue weighted by atomic mass is 35.5. The first-order valence-electron chi connectivity index (χ1n) is 5.36. The van der Waals surface area contributed by atoms with Gasteiger partial charge in [-0.05, 0) is 18.2 Å². The summed E-state index contributed by atoms with van der Waals surface area (Å²) in [6, 6.07) is 4.89. The van der Waals surface area contributed by atoms with Gasteiger partial charge < -0.3 is 5.11 Å². The summed E-state index contributed by atoms with van der Waals surface area (Å²) in [5.41, 5.74) is 0.733. The van der Waals surface area contributed by atoms with E-state index < -0.39 is 9.84 Å². The Balaban J connectivity index is 2.05. The number of rotatable bonds is 2. The van der Waals surface area contributed by atoms with Crippen LogP contribution in [0.4, 0.5) is 0 Å². The Kier molecular flexibility index (Phi) is 3.61. The third-order valence-corrected chi connectivity index (χ3v) is 4.72. The molecular weight excluding hydrogens is 262 g/mol. The predicted molar refractivity (Wildman–Crippen MR) is 67.0 cm³/mol. The molecule has 0 saturated carbocycles.